The Balaban J connectivity index is 1.40. The molecule has 0 fully saturated rings. The van der Waals surface area contributed by atoms with Crippen LogP contribution in [0, 0.1) is 27.7 Å². The van der Waals surface area contributed by atoms with Crippen molar-refractivity contribution in [2.75, 3.05) is 4.90 Å². The maximum atomic E-state index is 2.59. The summed E-state index contributed by atoms with van der Waals surface area (Å²) in [5.74, 6) is 0. The minimum absolute atomic E-state index is 0.231. The molecule has 1 spiro atoms. The van der Waals surface area contributed by atoms with Crippen LogP contribution in [0.1, 0.15) is 66.8 Å². The first-order chi connectivity index (χ1) is 22.0. The molecule has 1 atom stereocenters. The van der Waals surface area contributed by atoms with E-state index in [9.17, 15) is 0 Å². The minimum atomic E-state index is -0.419. The predicted molar refractivity (Wildman–Crippen MR) is 189 cm³/mol. The van der Waals surface area contributed by atoms with Crippen molar-refractivity contribution < 1.29 is 0 Å². The molecule has 6 aromatic carbocycles. The molecule has 45 heavy (non-hydrogen) atoms. The maximum Gasteiger partial charge on any atom is 0.242 e. The average Bonchev–Trinajstić information content (AvgIpc) is 3.05. The molecular weight excluding hydrogens is 541 g/mol. The highest BCUT2D eigenvalue weighted by molar-refractivity contribution is 6.97. The van der Waals surface area contributed by atoms with E-state index in [4.69, 9.17) is 0 Å². The Morgan fingerprint density at radius 3 is 2.18 bits per heavy atom. The van der Waals surface area contributed by atoms with Crippen LogP contribution in [0.2, 0.25) is 0 Å². The van der Waals surface area contributed by atoms with Gasteiger partial charge in [0, 0.05) is 12.1 Å². The summed E-state index contributed by atoms with van der Waals surface area (Å²) < 4.78 is 0. The zero-order valence-electron chi connectivity index (χ0n) is 26.3. The lowest BCUT2D eigenvalue weighted by molar-refractivity contribution is 0.728. The van der Waals surface area contributed by atoms with Crippen LogP contribution in [-0.4, -0.2) is 6.71 Å². The van der Waals surface area contributed by atoms with Crippen LogP contribution >= 0.6 is 0 Å². The zero-order valence-corrected chi connectivity index (χ0v) is 26.3. The second-order valence-corrected chi connectivity index (χ2v) is 13.9. The predicted octanol–water partition coefficient (Wildman–Crippen LogP) is 7.72. The Morgan fingerprint density at radius 1 is 0.533 bits per heavy atom. The van der Waals surface area contributed by atoms with Crippen LogP contribution in [0.4, 0.5) is 17.1 Å². The van der Waals surface area contributed by atoms with Gasteiger partial charge in [-0.25, -0.2) is 0 Å². The van der Waals surface area contributed by atoms with Gasteiger partial charge in [-0.3, -0.25) is 0 Å². The first kappa shape index (κ1) is 25.5. The Bertz CT molecular complexity index is 2290. The number of hydrogen-bond acceptors (Lipinski definition) is 1. The summed E-state index contributed by atoms with van der Waals surface area (Å²) in [7, 11) is 0. The Hall–Kier alpha value is -4.82. The Morgan fingerprint density at radius 2 is 1.29 bits per heavy atom. The molecule has 0 bridgehead atoms. The van der Waals surface area contributed by atoms with Gasteiger partial charge in [-0.2, -0.15) is 0 Å². The highest BCUT2D eigenvalue weighted by Gasteiger charge is 2.55. The van der Waals surface area contributed by atoms with E-state index >= 15 is 0 Å². The molecule has 0 radical (unpaired) electrons. The van der Waals surface area contributed by atoms with Gasteiger partial charge < -0.3 is 4.90 Å². The van der Waals surface area contributed by atoms with E-state index in [-0.39, 0.29) is 6.71 Å². The van der Waals surface area contributed by atoms with Gasteiger partial charge in [0.15, 0.2) is 0 Å². The fourth-order valence-corrected chi connectivity index (χ4v) is 9.69. The van der Waals surface area contributed by atoms with Crippen LogP contribution in [0.25, 0.3) is 0 Å². The third-order valence-corrected chi connectivity index (χ3v) is 11.4. The molecular formula is C43H34BN. The molecule has 4 aliphatic rings. The van der Waals surface area contributed by atoms with Gasteiger partial charge in [-0.1, -0.05) is 125 Å². The van der Waals surface area contributed by atoms with Crippen molar-refractivity contribution in [1.82, 2.24) is 0 Å². The van der Waals surface area contributed by atoms with Crippen molar-refractivity contribution in [3.05, 3.63) is 176 Å². The minimum Gasteiger partial charge on any atom is -0.309 e. The van der Waals surface area contributed by atoms with Crippen LogP contribution < -0.4 is 21.3 Å². The van der Waals surface area contributed by atoms with E-state index in [1.165, 1.54) is 100 Å². The van der Waals surface area contributed by atoms with Crippen LogP contribution in [0.5, 0.6) is 0 Å². The monoisotopic (exact) mass is 575 g/mol. The third-order valence-electron chi connectivity index (χ3n) is 11.4. The van der Waals surface area contributed by atoms with Gasteiger partial charge >= 0.3 is 0 Å². The Kier molecular flexibility index (Phi) is 4.91. The molecule has 2 heteroatoms. The van der Waals surface area contributed by atoms with Gasteiger partial charge in [-0.15, -0.1) is 0 Å². The smallest absolute Gasteiger partial charge is 0.242 e. The molecule has 0 aliphatic carbocycles. The van der Waals surface area contributed by atoms with E-state index in [2.05, 4.69) is 142 Å². The van der Waals surface area contributed by atoms with E-state index in [1.54, 1.807) is 0 Å². The van der Waals surface area contributed by atoms with E-state index in [1.807, 2.05) is 0 Å². The standard InChI is InChI=1S/C43H34BN/c1-25-16-19-39-29(20-25)23-30-21-26(2)22-36-42(30)45(39)40-15-8-6-12-34(40)43(36)33-11-5-7-13-38(33)44-37-14-9-10-27(3)31(37)24-32-28(4)17-18-35(43)41(32)44/h5-22H,23-24H2,1-4H3. The number of hydrogen-bond donors (Lipinski definition) is 0. The third kappa shape index (κ3) is 3.05. The number of nitrogens with zero attached hydrogens (tertiary/aromatic N) is 1. The fraction of sp³-hybridized carbons (Fsp3) is 0.163. The summed E-state index contributed by atoms with van der Waals surface area (Å²) in [4.78, 5) is 2.59. The highest BCUT2D eigenvalue weighted by atomic mass is 15.2. The quantitative estimate of drug-likeness (QED) is 0.167. The zero-order chi connectivity index (χ0) is 30.2. The van der Waals surface area contributed by atoms with Crippen LogP contribution in [0.15, 0.2) is 109 Å². The van der Waals surface area contributed by atoms with E-state index in [0.717, 1.165) is 12.8 Å². The van der Waals surface area contributed by atoms with Gasteiger partial charge in [-0.05, 0) is 102 Å². The molecule has 6 aromatic rings. The molecule has 0 aromatic heterocycles. The molecule has 10 rings (SSSR count). The van der Waals surface area contributed by atoms with Gasteiger partial charge in [0.1, 0.15) is 0 Å². The van der Waals surface area contributed by atoms with Crippen molar-refractivity contribution in [2.45, 2.75) is 46.0 Å². The molecule has 4 heterocycles. The summed E-state index contributed by atoms with van der Waals surface area (Å²) in [6, 6.07) is 42.6. The molecule has 214 valence electrons. The first-order valence-electron chi connectivity index (χ1n) is 16.4. The van der Waals surface area contributed by atoms with Crippen molar-refractivity contribution in [3.63, 3.8) is 0 Å². The lowest BCUT2D eigenvalue weighted by atomic mass is 9.27. The summed E-state index contributed by atoms with van der Waals surface area (Å²) in [6.07, 6.45) is 1.96. The molecule has 0 saturated carbocycles. The Labute approximate surface area is 266 Å². The normalized spacial score (nSPS) is 17.6. The van der Waals surface area contributed by atoms with Gasteiger partial charge in [0.2, 0.25) is 6.71 Å². The molecule has 0 amide bonds. The summed E-state index contributed by atoms with van der Waals surface area (Å²) >= 11 is 0. The molecule has 1 nitrogen and oxygen atoms in total. The van der Waals surface area contributed by atoms with Crippen molar-refractivity contribution >= 4 is 40.2 Å². The topological polar surface area (TPSA) is 3.24 Å². The highest BCUT2D eigenvalue weighted by Crippen LogP contribution is 2.61. The molecule has 4 aliphatic heterocycles. The van der Waals surface area contributed by atoms with Crippen molar-refractivity contribution in [2.24, 2.45) is 0 Å². The summed E-state index contributed by atoms with van der Waals surface area (Å²) in [5.41, 5.74) is 25.1. The first-order valence-corrected chi connectivity index (χ1v) is 16.4. The number of fused-ring (bicyclic) bond motifs is 12. The average molecular weight is 576 g/mol. The number of anilines is 3. The largest absolute Gasteiger partial charge is 0.309 e. The molecule has 1 unspecified atom stereocenters. The summed E-state index contributed by atoms with van der Waals surface area (Å²) in [5, 5.41) is 0. The van der Waals surface area contributed by atoms with E-state index < -0.39 is 5.41 Å². The second-order valence-electron chi connectivity index (χ2n) is 13.9. The van der Waals surface area contributed by atoms with E-state index in [0.29, 0.717) is 0 Å². The fourth-order valence-electron chi connectivity index (χ4n) is 9.69. The lowest BCUT2D eigenvalue weighted by Gasteiger charge is -2.53. The summed E-state index contributed by atoms with van der Waals surface area (Å²) in [6.45, 7) is 9.36. The number of aryl methyl sites for hydroxylation is 4. The second kappa shape index (κ2) is 8.67. The SMILES string of the molecule is Cc1ccc2c(c1)Cc1cc(C)cc3c1N2c1ccccc1C31c2ccccc2B2c3cccc(C)c3Cc3c(C)ccc1c32. The maximum absolute atomic E-state index is 2.59. The number of para-hydroxylation sites is 1. The van der Waals surface area contributed by atoms with Crippen molar-refractivity contribution in [1.29, 1.82) is 0 Å². The lowest BCUT2D eigenvalue weighted by Crippen LogP contribution is -2.66. The number of rotatable bonds is 0. The van der Waals surface area contributed by atoms with Crippen molar-refractivity contribution in [3.8, 4) is 0 Å². The number of benzene rings is 6. The van der Waals surface area contributed by atoms with Crippen LogP contribution in [0.3, 0.4) is 0 Å². The van der Waals surface area contributed by atoms with Gasteiger partial charge in [0.05, 0.1) is 16.8 Å². The molecule has 0 N–H and O–H groups in total. The molecule has 0 saturated heterocycles. The van der Waals surface area contributed by atoms with Crippen LogP contribution in [-0.2, 0) is 18.3 Å². The van der Waals surface area contributed by atoms with Gasteiger partial charge in [0.25, 0.3) is 0 Å².